The molecule has 3 fully saturated rings. The zero-order valence-corrected chi connectivity index (χ0v) is 18.0. The second-order valence-electron chi connectivity index (χ2n) is 8.03. The quantitative estimate of drug-likeness (QED) is 0.405. The van der Waals surface area contributed by atoms with Gasteiger partial charge in [0, 0.05) is 32.7 Å². The lowest BCUT2D eigenvalue weighted by Gasteiger charge is -2.28. The lowest BCUT2D eigenvalue weighted by atomic mass is 9.81. The van der Waals surface area contributed by atoms with Crippen LogP contribution in [0.3, 0.4) is 0 Å². The molecule has 0 amide bonds. The fourth-order valence-corrected chi connectivity index (χ4v) is 4.88. The van der Waals surface area contributed by atoms with Gasteiger partial charge in [-0.3, -0.25) is 9.89 Å². The molecule has 0 radical (unpaired) electrons. The van der Waals surface area contributed by atoms with Crippen LogP contribution < -0.4 is 5.32 Å². The van der Waals surface area contributed by atoms with Gasteiger partial charge in [-0.1, -0.05) is 26.2 Å². The molecule has 2 saturated heterocycles. The predicted molar refractivity (Wildman–Crippen MR) is 113 cm³/mol. The summed E-state index contributed by atoms with van der Waals surface area (Å²) < 4.78 is 0. The van der Waals surface area contributed by atoms with Crippen molar-refractivity contribution in [2.45, 2.75) is 64.3 Å². The minimum absolute atomic E-state index is 0. The first kappa shape index (κ1) is 20.3. The maximum absolute atomic E-state index is 4.54. The monoisotopic (exact) mass is 448 g/mol. The number of nitrogens with one attached hydrogen (secondary N) is 1. The molecule has 0 bridgehead atoms. The molecule has 1 saturated carbocycles. The average molecular weight is 448 g/mol. The van der Waals surface area contributed by atoms with E-state index in [-0.39, 0.29) is 24.0 Å². The highest BCUT2D eigenvalue weighted by molar-refractivity contribution is 14.0. The Kier molecular flexibility index (Phi) is 8.61. The Hall–Kier alpha value is -0.0400. The molecule has 0 spiro atoms. The molecule has 3 rings (SSSR count). The Bertz CT molecular complexity index is 395. The number of nitrogens with zero attached hydrogens (tertiary/aromatic N) is 3. The normalized spacial score (nSPS) is 32.0. The summed E-state index contributed by atoms with van der Waals surface area (Å²) in [5, 5.41) is 3.64. The molecule has 1 aliphatic carbocycles. The topological polar surface area (TPSA) is 30.9 Å². The number of guanidine groups is 1. The van der Waals surface area contributed by atoms with Gasteiger partial charge in [0.25, 0.3) is 0 Å². The van der Waals surface area contributed by atoms with Gasteiger partial charge in [-0.15, -0.1) is 24.0 Å². The van der Waals surface area contributed by atoms with Crippen molar-refractivity contribution in [3.8, 4) is 0 Å². The number of rotatable bonds is 4. The van der Waals surface area contributed by atoms with E-state index in [1.165, 1.54) is 77.5 Å². The zero-order valence-electron chi connectivity index (χ0n) is 15.7. The molecule has 1 N–H and O–H groups in total. The minimum atomic E-state index is 0. The van der Waals surface area contributed by atoms with Crippen molar-refractivity contribution >= 4 is 29.9 Å². The fraction of sp³-hybridized carbons (Fsp3) is 0.947. The van der Waals surface area contributed by atoms with Crippen LogP contribution in [0.2, 0.25) is 0 Å². The molecule has 4 nitrogen and oxygen atoms in total. The smallest absolute Gasteiger partial charge is 0.193 e. The van der Waals surface area contributed by atoms with Crippen LogP contribution in [0, 0.1) is 11.8 Å². The molecule has 0 aromatic carbocycles. The van der Waals surface area contributed by atoms with Crippen LogP contribution in [0.5, 0.6) is 0 Å². The lowest BCUT2D eigenvalue weighted by Crippen LogP contribution is -2.43. The summed E-state index contributed by atoms with van der Waals surface area (Å²) in [5.41, 5.74) is 0. The largest absolute Gasteiger partial charge is 0.356 e. The number of halogens is 1. The van der Waals surface area contributed by atoms with Gasteiger partial charge in [0.05, 0.1) is 0 Å². The second-order valence-corrected chi connectivity index (χ2v) is 8.03. The third-order valence-corrected chi connectivity index (χ3v) is 6.21. The number of aliphatic imine (C=N–C) groups is 1. The Balaban J connectivity index is 0.00000208. The highest BCUT2D eigenvalue weighted by Gasteiger charge is 2.30. The van der Waals surface area contributed by atoms with Gasteiger partial charge in [0.2, 0.25) is 0 Å². The van der Waals surface area contributed by atoms with E-state index in [4.69, 9.17) is 0 Å². The van der Waals surface area contributed by atoms with Gasteiger partial charge in [-0.05, 0) is 57.0 Å². The first-order chi connectivity index (χ1) is 11.3. The standard InChI is InChI=1S/C19H36N4.HI/c1-16-6-5-7-17(14-16)8-10-21-19(20-2)23-13-9-18(15-23)22-11-3-4-12-22;/h16-18H,3-15H2,1-2H3,(H,20,21);1H. The minimum Gasteiger partial charge on any atom is -0.356 e. The van der Waals surface area contributed by atoms with Crippen LogP contribution in [0.25, 0.3) is 0 Å². The maximum Gasteiger partial charge on any atom is 0.193 e. The van der Waals surface area contributed by atoms with E-state index in [1.807, 2.05) is 7.05 Å². The van der Waals surface area contributed by atoms with Crippen LogP contribution in [0.1, 0.15) is 58.3 Å². The highest BCUT2D eigenvalue weighted by atomic mass is 127. The molecule has 3 unspecified atom stereocenters. The Morgan fingerprint density at radius 3 is 2.58 bits per heavy atom. The van der Waals surface area contributed by atoms with E-state index in [2.05, 4.69) is 27.0 Å². The van der Waals surface area contributed by atoms with E-state index in [0.717, 1.165) is 30.4 Å². The molecule has 5 heteroatoms. The fourth-order valence-electron chi connectivity index (χ4n) is 4.88. The Labute approximate surface area is 165 Å². The van der Waals surface area contributed by atoms with Crippen LogP contribution in [0.15, 0.2) is 4.99 Å². The van der Waals surface area contributed by atoms with E-state index in [1.54, 1.807) is 0 Å². The van der Waals surface area contributed by atoms with Crippen LogP contribution in [0.4, 0.5) is 0 Å². The molecule has 0 aromatic heterocycles. The van der Waals surface area contributed by atoms with Crippen molar-refractivity contribution in [3.05, 3.63) is 0 Å². The number of hydrogen-bond acceptors (Lipinski definition) is 2. The average Bonchev–Trinajstić information content (AvgIpc) is 3.22. The van der Waals surface area contributed by atoms with Crippen LogP contribution >= 0.6 is 24.0 Å². The van der Waals surface area contributed by atoms with E-state index in [9.17, 15) is 0 Å². The summed E-state index contributed by atoms with van der Waals surface area (Å²) >= 11 is 0. The van der Waals surface area contributed by atoms with Gasteiger partial charge in [-0.25, -0.2) is 0 Å². The van der Waals surface area contributed by atoms with E-state index < -0.39 is 0 Å². The molecular weight excluding hydrogens is 411 g/mol. The van der Waals surface area contributed by atoms with E-state index >= 15 is 0 Å². The van der Waals surface area contributed by atoms with Gasteiger partial charge in [0.15, 0.2) is 5.96 Å². The predicted octanol–water partition coefficient (Wildman–Crippen LogP) is 3.57. The molecule has 140 valence electrons. The molecule has 3 aliphatic rings. The SMILES string of the molecule is CN=C(NCCC1CCCC(C)C1)N1CCC(N2CCCC2)C1.I. The van der Waals surface area contributed by atoms with Crippen molar-refractivity contribution in [3.63, 3.8) is 0 Å². The third-order valence-electron chi connectivity index (χ3n) is 6.21. The Morgan fingerprint density at radius 2 is 1.88 bits per heavy atom. The highest BCUT2D eigenvalue weighted by Crippen LogP contribution is 2.30. The van der Waals surface area contributed by atoms with Gasteiger partial charge >= 0.3 is 0 Å². The maximum atomic E-state index is 4.54. The van der Waals surface area contributed by atoms with Gasteiger partial charge in [0.1, 0.15) is 0 Å². The van der Waals surface area contributed by atoms with Crippen molar-refractivity contribution in [1.29, 1.82) is 0 Å². The Morgan fingerprint density at radius 1 is 1.08 bits per heavy atom. The molecule has 2 aliphatic heterocycles. The summed E-state index contributed by atoms with van der Waals surface area (Å²) in [6, 6.07) is 0.759. The van der Waals surface area contributed by atoms with E-state index in [0.29, 0.717) is 0 Å². The van der Waals surface area contributed by atoms with Crippen molar-refractivity contribution in [2.75, 3.05) is 39.8 Å². The summed E-state index contributed by atoms with van der Waals surface area (Å²) in [7, 11) is 1.94. The summed E-state index contributed by atoms with van der Waals surface area (Å²) in [4.78, 5) is 9.71. The van der Waals surface area contributed by atoms with Crippen LogP contribution in [-0.2, 0) is 0 Å². The molecule has 3 atom stereocenters. The molecular formula is C19H37IN4. The number of hydrogen-bond donors (Lipinski definition) is 1. The summed E-state index contributed by atoms with van der Waals surface area (Å²) in [6.07, 6.45) is 11.1. The third kappa shape index (κ3) is 5.48. The van der Waals surface area contributed by atoms with Crippen LogP contribution in [-0.4, -0.2) is 61.6 Å². The number of likely N-dealkylation sites (tertiary alicyclic amines) is 2. The van der Waals surface area contributed by atoms with Crippen molar-refractivity contribution in [2.24, 2.45) is 16.8 Å². The first-order valence-electron chi connectivity index (χ1n) is 9.96. The second kappa shape index (κ2) is 10.2. The first-order valence-corrected chi connectivity index (χ1v) is 9.96. The van der Waals surface area contributed by atoms with Crippen molar-refractivity contribution in [1.82, 2.24) is 15.1 Å². The summed E-state index contributed by atoms with van der Waals surface area (Å²) in [5.74, 6) is 3.00. The zero-order chi connectivity index (χ0) is 16.1. The van der Waals surface area contributed by atoms with Gasteiger partial charge < -0.3 is 10.2 Å². The van der Waals surface area contributed by atoms with Gasteiger partial charge in [-0.2, -0.15) is 0 Å². The molecule has 2 heterocycles. The van der Waals surface area contributed by atoms with Crippen molar-refractivity contribution < 1.29 is 0 Å². The lowest BCUT2D eigenvalue weighted by molar-refractivity contribution is 0.248. The molecule has 0 aromatic rings. The summed E-state index contributed by atoms with van der Waals surface area (Å²) in [6.45, 7) is 8.46. The molecule has 24 heavy (non-hydrogen) atoms.